The number of carbonyl (C=O) groups excluding carboxylic acids is 2. The summed E-state index contributed by atoms with van der Waals surface area (Å²) < 4.78 is 18.0. The number of ketones is 1. The average Bonchev–Trinajstić information content (AvgIpc) is 3.61. The molecule has 9 nitrogen and oxygen atoms in total. The minimum absolute atomic E-state index is 0.0555. The van der Waals surface area contributed by atoms with Gasteiger partial charge in [-0.15, -0.1) is 10.2 Å². The van der Waals surface area contributed by atoms with Gasteiger partial charge in [0.25, 0.3) is 5.78 Å². The molecule has 11 heteroatoms. The topological polar surface area (TPSA) is 111 Å². The van der Waals surface area contributed by atoms with Crippen LogP contribution in [0, 0.1) is 12.8 Å². The predicted octanol–water partition coefficient (Wildman–Crippen LogP) is 6.96. The van der Waals surface area contributed by atoms with Gasteiger partial charge in [-0.05, 0) is 60.7 Å². The lowest BCUT2D eigenvalue weighted by Gasteiger charge is -2.23. The summed E-state index contributed by atoms with van der Waals surface area (Å²) in [4.78, 5) is 28.7. The number of carbonyl (C=O) groups is 2. The molecule has 1 fully saturated rings. The number of hydrogen-bond acceptors (Lipinski definition) is 10. The summed E-state index contributed by atoms with van der Waals surface area (Å²) >= 11 is 2.73. The van der Waals surface area contributed by atoms with Gasteiger partial charge in [-0.25, -0.2) is 0 Å². The van der Waals surface area contributed by atoms with E-state index in [2.05, 4.69) is 48.3 Å². The lowest BCUT2D eigenvalue weighted by molar-refractivity contribution is -0.132. The van der Waals surface area contributed by atoms with E-state index in [0.29, 0.717) is 64.2 Å². The first kappa shape index (κ1) is 30.7. The van der Waals surface area contributed by atoms with Gasteiger partial charge in [0.2, 0.25) is 5.13 Å². The van der Waals surface area contributed by atoms with Gasteiger partial charge in [0, 0.05) is 11.3 Å². The fourth-order valence-corrected chi connectivity index (χ4v) is 6.89. The number of benzene rings is 3. The number of aryl methyl sites for hydroxylation is 1. The lowest BCUT2D eigenvalue weighted by atomic mass is 9.95. The van der Waals surface area contributed by atoms with E-state index in [1.54, 1.807) is 24.3 Å². The first-order valence-corrected chi connectivity index (χ1v) is 16.5. The second-order valence-electron chi connectivity index (χ2n) is 11.3. The monoisotopic (exact) mass is 643 g/mol. The van der Waals surface area contributed by atoms with Crippen molar-refractivity contribution in [2.45, 2.75) is 43.3 Å². The maximum Gasteiger partial charge on any atom is 0.301 e. The van der Waals surface area contributed by atoms with Crippen LogP contribution in [0.4, 0.5) is 5.13 Å². The third-order valence-electron chi connectivity index (χ3n) is 7.48. The molecule has 3 aromatic carbocycles. The summed E-state index contributed by atoms with van der Waals surface area (Å²) in [6.45, 7) is 7.61. The molecule has 0 saturated carbocycles. The molecule has 45 heavy (non-hydrogen) atoms. The van der Waals surface area contributed by atoms with Crippen LogP contribution >= 0.6 is 23.1 Å². The van der Waals surface area contributed by atoms with E-state index in [4.69, 9.17) is 14.2 Å². The van der Waals surface area contributed by atoms with E-state index < -0.39 is 17.7 Å². The number of aliphatic hydroxyl groups excluding tert-OH is 1. The van der Waals surface area contributed by atoms with Gasteiger partial charge in [0.1, 0.15) is 24.7 Å². The predicted molar refractivity (Wildman–Crippen MR) is 174 cm³/mol. The molecule has 1 aromatic heterocycles. The van der Waals surface area contributed by atoms with Crippen LogP contribution in [0.1, 0.15) is 48.6 Å². The molecule has 6 rings (SSSR count). The molecule has 3 heterocycles. The summed E-state index contributed by atoms with van der Waals surface area (Å²) in [5.74, 6) is 0.825. The smallest absolute Gasteiger partial charge is 0.301 e. The Labute approximate surface area is 269 Å². The number of ether oxygens (including phenoxy) is 3. The van der Waals surface area contributed by atoms with Crippen molar-refractivity contribution in [1.82, 2.24) is 10.2 Å². The Morgan fingerprint density at radius 3 is 2.60 bits per heavy atom. The molecule has 4 aromatic rings. The summed E-state index contributed by atoms with van der Waals surface area (Å²) in [6.07, 6.45) is 0.876. The SMILES string of the molecule is Cc1ccc(CSc2nnc(N3C(=O)C(=O)/C(=C(/O)c4ccc5c(c4)OCCO5)[C@@H]3c3cccc(OCCC(C)C)c3)s2)cc1. The van der Waals surface area contributed by atoms with Gasteiger partial charge >= 0.3 is 5.91 Å². The molecule has 2 aliphatic heterocycles. The molecule has 1 N–H and O–H groups in total. The molecular formula is C34H33N3O6S2. The van der Waals surface area contributed by atoms with Crippen LogP contribution in [0.2, 0.25) is 0 Å². The second-order valence-corrected chi connectivity index (χ2v) is 13.4. The number of hydrogen-bond donors (Lipinski definition) is 1. The minimum atomic E-state index is -0.963. The first-order valence-electron chi connectivity index (χ1n) is 14.7. The van der Waals surface area contributed by atoms with Gasteiger partial charge in [0.15, 0.2) is 15.8 Å². The van der Waals surface area contributed by atoms with Crippen LogP contribution in [-0.4, -0.2) is 46.8 Å². The van der Waals surface area contributed by atoms with E-state index in [1.165, 1.54) is 33.6 Å². The molecule has 232 valence electrons. The van der Waals surface area contributed by atoms with E-state index in [9.17, 15) is 14.7 Å². The third kappa shape index (κ3) is 6.69. The molecule has 0 aliphatic carbocycles. The van der Waals surface area contributed by atoms with E-state index in [1.807, 2.05) is 25.1 Å². The van der Waals surface area contributed by atoms with Gasteiger partial charge in [-0.2, -0.15) is 0 Å². The summed E-state index contributed by atoms with van der Waals surface area (Å²) in [6, 6.07) is 19.5. The molecule has 1 amide bonds. The minimum Gasteiger partial charge on any atom is -0.507 e. The second kappa shape index (κ2) is 13.3. The summed E-state index contributed by atoms with van der Waals surface area (Å²) in [5, 5.41) is 20.5. The fourth-order valence-electron chi connectivity index (χ4n) is 5.07. The van der Waals surface area contributed by atoms with Crippen molar-refractivity contribution in [3.05, 3.63) is 94.6 Å². The zero-order valence-corrected chi connectivity index (χ0v) is 26.8. The van der Waals surface area contributed by atoms with Gasteiger partial charge in [-0.3, -0.25) is 14.5 Å². The Kier molecular flexibility index (Phi) is 9.09. The van der Waals surface area contributed by atoms with Crippen molar-refractivity contribution in [3.63, 3.8) is 0 Å². The van der Waals surface area contributed by atoms with Gasteiger partial charge in [-0.1, -0.05) is 78.9 Å². The number of aromatic nitrogens is 2. The highest BCUT2D eigenvalue weighted by Crippen LogP contribution is 2.45. The van der Waals surface area contributed by atoms with Gasteiger partial charge in [0.05, 0.1) is 18.2 Å². The Morgan fingerprint density at radius 2 is 1.82 bits per heavy atom. The lowest BCUT2D eigenvalue weighted by Crippen LogP contribution is -2.29. The average molecular weight is 644 g/mol. The van der Waals surface area contributed by atoms with Crippen LogP contribution in [0.5, 0.6) is 17.2 Å². The fraction of sp³-hybridized carbons (Fsp3) is 0.294. The number of anilines is 1. The number of aliphatic hydroxyl groups is 1. The molecule has 0 bridgehead atoms. The van der Waals surface area contributed by atoms with Crippen LogP contribution in [0.15, 0.2) is 76.6 Å². The molecule has 1 atom stereocenters. The number of fused-ring (bicyclic) bond motifs is 1. The van der Waals surface area contributed by atoms with Crippen LogP contribution in [0.3, 0.4) is 0 Å². The number of thioether (sulfide) groups is 1. The largest absolute Gasteiger partial charge is 0.507 e. The number of rotatable bonds is 10. The highest BCUT2D eigenvalue weighted by molar-refractivity contribution is 8.00. The Hall–Kier alpha value is -4.35. The molecule has 0 spiro atoms. The first-order chi connectivity index (χ1) is 21.8. The number of amides is 1. The Morgan fingerprint density at radius 1 is 1.04 bits per heavy atom. The maximum atomic E-state index is 13.7. The zero-order valence-electron chi connectivity index (χ0n) is 25.2. The van der Waals surface area contributed by atoms with Crippen molar-refractivity contribution in [3.8, 4) is 17.2 Å². The van der Waals surface area contributed by atoms with Crippen molar-refractivity contribution in [1.29, 1.82) is 0 Å². The van der Waals surface area contributed by atoms with Crippen molar-refractivity contribution >= 4 is 45.7 Å². The summed E-state index contributed by atoms with van der Waals surface area (Å²) in [7, 11) is 0. The molecule has 0 unspecified atom stereocenters. The number of Topliss-reactive ketones (excluding diaryl/α,β-unsaturated/α-hetero) is 1. The number of nitrogens with zero attached hydrogens (tertiary/aromatic N) is 3. The van der Waals surface area contributed by atoms with Gasteiger partial charge < -0.3 is 19.3 Å². The van der Waals surface area contributed by atoms with E-state index in [0.717, 1.165) is 12.0 Å². The van der Waals surface area contributed by atoms with Crippen LogP contribution in [-0.2, 0) is 15.3 Å². The van der Waals surface area contributed by atoms with Crippen molar-refractivity contribution < 1.29 is 28.9 Å². The van der Waals surface area contributed by atoms with Crippen LogP contribution < -0.4 is 19.1 Å². The molecule has 1 saturated heterocycles. The van der Waals surface area contributed by atoms with Crippen molar-refractivity contribution in [2.24, 2.45) is 5.92 Å². The van der Waals surface area contributed by atoms with Crippen LogP contribution in [0.25, 0.3) is 5.76 Å². The standard InChI is InChI=1S/C34H33N3O6S2/c1-20(2)13-14-41-25-6-4-5-23(17-25)29-28(30(38)24-11-12-26-27(18-24)43-16-15-42-26)31(39)32(40)37(29)33-35-36-34(45-33)44-19-22-9-7-21(3)8-10-22/h4-12,17-18,20,29,38H,13-16,19H2,1-3H3/b30-28+/t29-/m0/s1. The molecule has 0 radical (unpaired) electrons. The van der Waals surface area contributed by atoms with E-state index >= 15 is 0 Å². The molecule has 2 aliphatic rings. The highest BCUT2D eigenvalue weighted by atomic mass is 32.2. The van der Waals surface area contributed by atoms with E-state index in [-0.39, 0.29) is 16.5 Å². The Bertz CT molecular complexity index is 1750. The molecular weight excluding hydrogens is 611 g/mol. The normalized spacial score (nSPS) is 17.2. The Balaban J connectivity index is 1.37. The zero-order chi connectivity index (χ0) is 31.5. The highest BCUT2D eigenvalue weighted by Gasteiger charge is 2.48. The van der Waals surface area contributed by atoms with Crippen molar-refractivity contribution in [2.75, 3.05) is 24.7 Å². The maximum absolute atomic E-state index is 13.7. The summed E-state index contributed by atoms with van der Waals surface area (Å²) in [5.41, 5.74) is 3.19. The third-order valence-corrected chi connectivity index (χ3v) is 9.61. The quantitative estimate of drug-likeness (QED) is 0.0644.